The van der Waals surface area contributed by atoms with Crippen molar-refractivity contribution in [2.45, 2.75) is 66.9 Å². The normalized spacial score (nSPS) is 19.2. The van der Waals surface area contributed by atoms with E-state index in [1.165, 1.54) is 0 Å². The summed E-state index contributed by atoms with van der Waals surface area (Å²) in [5, 5.41) is 9.55. The number of allylic oxidation sites excluding steroid dienone is 4. The Labute approximate surface area is 146 Å². The number of Topliss-reactive ketones (excluding diaryl/α,β-unsaturated/α-hetero) is 2. The lowest BCUT2D eigenvalue weighted by Crippen LogP contribution is -2.22. The zero-order chi connectivity index (χ0) is 18.4. The van der Waals surface area contributed by atoms with Crippen molar-refractivity contribution >= 4 is 11.6 Å². The minimum absolute atomic E-state index is 0.109. The first-order valence-electron chi connectivity index (χ1n) is 8.89. The van der Waals surface area contributed by atoms with E-state index in [1.54, 1.807) is 13.8 Å². The molecule has 1 aliphatic rings. The van der Waals surface area contributed by atoms with Crippen molar-refractivity contribution in [3.8, 4) is 0 Å². The monoisotopic (exact) mass is 336 g/mol. The second-order valence-corrected chi connectivity index (χ2v) is 7.65. The molecule has 0 spiro atoms. The maximum Gasteiger partial charge on any atom is 0.173 e. The summed E-state index contributed by atoms with van der Waals surface area (Å²) in [6, 6.07) is 0. The lowest BCUT2D eigenvalue weighted by atomic mass is 9.94. The molecule has 2 atom stereocenters. The van der Waals surface area contributed by atoms with Crippen molar-refractivity contribution < 1.29 is 19.4 Å². The van der Waals surface area contributed by atoms with E-state index >= 15 is 0 Å². The molecule has 1 aliphatic carbocycles. The number of aliphatic hydroxyl groups excluding tert-OH is 1. The topological polar surface area (TPSA) is 63.6 Å². The summed E-state index contributed by atoms with van der Waals surface area (Å²) in [4.78, 5) is 25.2. The number of hydrogen-bond acceptors (Lipinski definition) is 4. The summed E-state index contributed by atoms with van der Waals surface area (Å²) in [6.07, 6.45) is 3.42. The smallest absolute Gasteiger partial charge is 0.173 e. The Morgan fingerprint density at radius 1 is 1.29 bits per heavy atom. The molecule has 0 aliphatic heterocycles. The van der Waals surface area contributed by atoms with Gasteiger partial charge in [0, 0.05) is 18.3 Å². The number of aliphatic hydroxyl groups is 1. The summed E-state index contributed by atoms with van der Waals surface area (Å²) in [5.41, 5.74) is 1.38. The van der Waals surface area contributed by atoms with Gasteiger partial charge in [0.15, 0.2) is 11.6 Å². The number of hydrogen-bond donors (Lipinski definition) is 1. The number of ketones is 2. The molecule has 0 amide bonds. The number of rotatable bonds is 9. The molecule has 0 aromatic rings. The molecule has 0 bridgehead atoms. The van der Waals surface area contributed by atoms with Crippen molar-refractivity contribution in [3.05, 3.63) is 23.0 Å². The maximum absolute atomic E-state index is 12.7. The standard InChI is InChI=1S/C20H32O4/c1-12(2)7-8-15-10-17(24-16(11-21)9-13(3)4)18(20(15)23)19(22)14(5)6/h7,13-16,21H,8-11H2,1-6H3/t15-,16?/m0/s1. The first-order chi connectivity index (χ1) is 11.2. The average molecular weight is 336 g/mol. The quantitative estimate of drug-likeness (QED) is 0.513. The predicted octanol–water partition coefficient (Wildman–Crippen LogP) is 3.83. The summed E-state index contributed by atoms with van der Waals surface area (Å²) in [7, 11) is 0. The van der Waals surface area contributed by atoms with Crippen molar-refractivity contribution in [3.63, 3.8) is 0 Å². The van der Waals surface area contributed by atoms with Gasteiger partial charge in [-0.15, -0.1) is 0 Å². The van der Waals surface area contributed by atoms with E-state index in [4.69, 9.17) is 4.74 Å². The van der Waals surface area contributed by atoms with Gasteiger partial charge in [-0.1, -0.05) is 39.3 Å². The van der Waals surface area contributed by atoms with Crippen LogP contribution in [0.25, 0.3) is 0 Å². The van der Waals surface area contributed by atoms with Crippen LogP contribution in [0.4, 0.5) is 0 Å². The van der Waals surface area contributed by atoms with Crippen LogP contribution in [0.2, 0.25) is 0 Å². The molecule has 0 aromatic carbocycles. The molecule has 0 saturated heterocycles. The van der Waals surface area contributed by atoms with E-state index in [-0.39, 0.29) is 41.7 Å². The molecule has 4 heteroatoms. The van der Waals surface area contributed by atoms with Gasteiger partial charge in [0.1, 0.15) is 11.9 Å². The SMILES string of the molecule is CC(C)=CC[C@H]1CC(OC(CO)CC(C)C)=C(C(=O)C(C)C)C1=O. The summed E-state index contributed by atoms with van der Waals surface area (Å²) in [5.74, 6) is 0.0999. The van der Waals surface area contributed by atoms with Gasteiger partial charge in [-0.05, 0) is 32.6 Å². The van der Waals surface area contributed by atoms with Gasteiger partial charge in [0.05, 0.1) is 12.2 Å². The Balaban J connectivity index is 3.05. The molecule has 136 valence electrons. The van der Waals surface area contributed by atoms with Crippen molar-refractivity contribution in [2.75, 3.05) is 6.61 Å². The van der Waals surface area contributed by atoms with Gasteiger partial charge in [0.25, 0.3) is 0 Å². The maximum atomic E-state index is 12.7. The first kappa shape index (κ1) is 20.6. The van der Waals surface area contributed by atoms with E-state index in [1.807, 2.05) is 19.9 Å². The van der Waals surface area contributed by atoms with Gasteiger partial charge in [-0.3, -0.25) is 9.59 Å². The number of carbonyl (C=O) groups is 2. The number of ether oxygens (including phenoxy) is 1. The van der Waals surface area contributed by atoms with Crippen molar-refractivity contribution in [1.29, 1.82) is 0 Å². The third-order valence-corrected chi connectivity index (χ3v) is 4.16. The molecule has 0 fully saturated rings. The molecule has 0 aromatic heterocycles. The second-order valence-electron chi connectivity index (χ2n) is 7.65. The summed E-state index contributed by atoms with van der Waals surface area (Å²) in [6.45, 7) is 11.6. The van der Waals surface area contributed by atoms with Crippen LogP contribution in [0.1, 0.15) is 60.8 Å². The Morgan fingerprint density at radius 3 is 2.38 bits per heavy atom. The largest absolute Gasteiger partial charge is 0.491 e. The van der Waals surface area contributed by atoms with E-state index in [2.05, 4.69) is 13.8 Å². The van der Waals surface area contributed by atoms with Gasteiger partial charge in [0.2, 0.25) is 0 Å². The van der Waals surface area contributed by atoms with Gasteiger partial charge in [-0.25, -0.2) is 0 Å². The van der Waals surface area contributed by atoms with E-state index in [0.29, 0.717) is 30.9 Å². The van der Waals surface area contributed by atoms with Gasteiger partial charge >= 0.3 is 0 Å². The Bertz CT molecular complexity index is 522. The van der Waals surface area contributed by atoms with Crippen LogP contribution < -0.4 is 0 Å². The lowest BCUT2D eigenvalue weighted by Gasteiger charge is -2.20. The fraction of sp³-hybridized carbons (Fsp3) is 0.700. The Morgan fingerprint density at radius 2 is 1.92 bits per heavy atom. The molecule has 0 saturated carbocycles. The van der Waals surface area contributed by atoms with Crippen LogP contribution >= 0.6 is 0 Å². The highest BCUT2D eigenvalue weighted by Crippen LogP contribution is 2.35. The summed E-state index contributed by atoms with van der Waals surface area (Å²) >= 11 is 0. The van der Waals surface area contributed by atoms with Crippen molar-refractivity contribution in [1.82, 2.24) is 0 Å². The van der Waals surface area contributed by atoms with Crippen LogP contribution in [-0.2, 0) is 14.3 Å². The van der Waals surface area contributed by atoms with Crippen LogP contribution in [0.3, 0.4) is 0 Å². The van der Waals surface area contributed by atoms with Crippen LogP contribution in [0.5, 0.6) is 0 Å². The van der Waals surface area contributed by atoms with Crippen LogP contribution in [0.15, 0.2) is 23.0 Å². The minimum Gasteiger partial charge on any atom is -0.491 e. The number of carbonyl (C=O) groups excluding carboxylic acids is 2. The molecule has 0 heterocycles. The predicted molar refractivity (Wildman–Crippen MR) is 95.4 cm³/mol. The Hall–Kier alpha value is -1.42. The molecule has 0 radical (unpaired) electrons. The fourth-order valence-electron chi connectivity index (χ4n) is 2.87. The highest BCUT2D eigenvalue weighted by atomic mass is 16.5. The molecule has 1 rings (SSSR count). The summed E-state index contributed by atoms with van der Waals surface area (Å²) < 4.78 is 5.93. The van der Waals surface area contributed by atoms with Crippen LogP contribution in [0, 0.1) is 17.8 Å². The van der Waals surface area contributed by atoms with E-state index in [0.717, 1.165) is 5.57 Å². The molecular weight excluding hydrogens is 304 g/mol. The van der Waals surface area contributed by atoms with Crippen LogP contribution in [-0.4, -0.2) is 29.4 Å². The highest BCUT2D eigenvalue weighted by molar-refractivity contribution is 6.23. The Kier molecular flexibility index (Phi) is 7.88. The molecule has 4 nitrogen and oxygen atoms in total. The fourth-order valence-corrected chi connectivity index (χ4v) is 2.87. The van der Waals surface area contributed by atoms with Gasteiger partial charge < -0.3 is 9.84 Å². The zero-order valence-electron chi connectivity index (χ0n) is 15.9. The average Bonchev–Trinajstić information content (AvgIpc) is 2.78. The third kappa shape index (κ3) is 5.59. The molecule has 1 N–H and O–H groups in total. The zero-order valence-corrected chi connectivity index (χ0v) is 15.9. The molecule has 24 heavy (non-hydrogen) atoms. The highest BCUT2D eigenvalue weighted by Gasteiger charge is 2.39. The minimum atomic E-state index is -0.370. The molecule has 1 unspecified atom stereocenters. The first-order valence-corrected chi connectivity index (χ1v) is 8.89. The molecular formula is C20H32O4. The van der Waals surface area contributed by atoms with Crippen molar-refractivity contribution in [2.24, 2.45) is 17.8 Å². The van der Waals surface area contributed by atoms with E-state index in [9.17, 15) is 14.7 Å². The second kappa shape index (κ2) is 9.16. The van der Waals surface area contributed by atoms with E-state index < -0.39 is 0 Å². The lowest BCUT2D eigenvalue weighted by molar-refractivity contribution is -0.124. The third-order valence-electron chi connectivity index (χ3n) is 4.16. The van der Waals surface area contributed by atoms with Gasteiger partial charge in [-0.2, -0.15) is 0 Å².